The molecule has 1 aromatic rings. The molecular formula is C15H14BrN5O6S3. The number of nitrogens with zero attached hydrogens (tertiary/aromatic N) is 4. The molecule has 11 nitrogen and oxygen atoms in total. The molecular weight excluding hydrogens is 522 g/mol. The van der Waals surface area contributed by atoms with Crippen molar-refractivity contribution in [3.63, 3.8) is 0 Å². The number of hydrogen-bond donors (Lipinski definition) is 2. The van der Waals surface area contributed by atoms with Crippen molar-refractivity contribution in [2.45, 2.75) is 15.6 Å². The van der Waals surface area contributed by atoms with Crippen molar-refractivity contribution >= 4 is 80.3 Å². The number of Topliss-reactive ketones (excluding diaryl/α,β-unsaturated/α-hetero) is 1. The molecule has 2 amide bonds. The Morgan fingerprint density at radius 2 is 2.27 bits per heavy atom. The number of aliphatic carboxylic acids is 1. The van der Waals surface area contributed by atoms with Crippen LogP contribution in [0.3, 0.4) is 0 Å². The quantitative estimate of drug-likeness (QED) is 0.113. The number of aromatic nitrogens is 2. The first kappa shape index (κ1) is 22.7. The zero-order valence-corrected chi connectivity index (χ0v) is 19.3. The van der Waals surface area contributed by atoms with Gasteiger partial charge in [0.2, 0.25) is 11.5 Å². The molecule has 1 saturated heterocycles. The molecule has 2 atom stereocenters. The number of amides is 2. The van der Waals surface area contributed by atoms with Gasteiger partial charge in [-0.1, -0.05) is 25.6 Å². The molecule has 30 heavy (non-hydrogen) atoms. The molecule has 160 valence electrons. The van der Waals surface area contributed by atoms with Crippen LogP contribution < -0.4 is 5.32 Å². The van der Waals surface area contributed by atoms with Gasteiger partial charge in [0.25, 0.3) is 11.8 Å². The SMILES string of the molecule is CON=C(C(=O)CBr)C(=O)N[C@@H]1C(=O)N2C(C(=O)O)=C(CSc3cnns3)CS[C@@H]12. The van der Waals surface area contributed by atoms with Crippen molar-refractivity contribution in [2.24, 2.45) is 5.16 Å². The van der Waals surface area contributed by atoms with Crippen LogP contribution in [0.2, 0.25) is 0 Å². The Hall–Kier alpha value is -1.97. The minimum Gasteiger partial charge on any atom is -0.477 e. The van der Waals surface area contributed by atoms with Gasteiger partial charge in [-0.2, -0.15) is 0 Å². The summed E-state index contributed by atoms with van der Waals surface area (Å²) in [5, 5.41) is 18.5. The van der Waals surface area contributed by atoms with E-state index in [1.807, 2.05) is 0 Å². The number of ketones is 1. The highest BCUT2D eigenvalue weighted by Crippen LogP contribution is 2.41. The predicted octanol–water partition coefficient (Wildman–Crippen LogP) is 0.335. The summed E-state index contributed by atoms with van der Waals surface area (Å²) < 4.78 is 4.59. The van der Waals surface area contributed by atoms with Crippen LogP contribution in [0, 0.1) is 0 Å². The number of carbonyl (C=O) groups is 4. The lowest BCUT2D eigenvalue weighted by atomic mass is 10.0. The van der Waals surface area contributed by atoms with E-state index in [1.54, 1.807) is 6.20 Å². The molecule has 0 bridgehead atoms. The second kappa shape index (κ2) is 9.89. The number of alkyl halides is 1. The molecule has 0 aliphatic carbocycles. The summed E-state index contributed by atoms with van der Waals surface area (Å²) in [4.78, 5) is 54.4. The number of oxime groups is 1. The molecule has 15 heteroatoms. The molecule has 3 heterocycles. The maximum Gasteiger partial charge on any atom is 0.352 e. The van der Waals surface area contributed by atoms with Gasteiger partial charge in [0.1, 0.15) is 28.4 Å². The maximum atomic E-state index is 12.7. The lowest BCUT2D eigenvalue weighted by Gasteiger charge is -2.49. The van der Waals surface area contributed by atoms with Gasteiger partial charge in [0.15, 0.2) is 0 Å². The van der Waals surface area contributed by atoms with E-state index in [1.165, 1.54) is 47.1 Å². The summed E-state index contributed by atoms with van der Waals surface area (Å²) >= 11 is 6.88. The number of thioether (sulfide) groups is 2. The fraction of sp³-hybridized carbons (Fsp3) is 0.400. The minimum atomic E-state index is -1.22. The lowest BCUT2D eigenvalue weighted by Crippen LogP contribution is -2.71. The molecule has 3 rings (SSSR count). The molecule has 0 saturated carbocycles. The number of carbonyl (C=O) groups excluding carboxylic acids is 3. The summed E-state index contributed by atoms with van der Waals surface area (Å²) in [5.41, 5.74) is 0.0311. The number of rotatable bonds is 9. The number of carboxylic acid groups (broad SMARTS) is 1. The third-order valence-corrected chi connectivity index (χ3v) is 7.82. The molecule has 1 fully saturated rings. The van der Waals surface area contributed by atoms with E-state index in [0.29, 0.717) is 17.1 Å². The predicted molar refractivity (Wildman–Crippen MR) is 114 cm³/mol. The van der Waals surface area contributed by atoms with Crippen LogP contribution in [-0.2, 0) is 24.0 Å². The van der Waals surface area contributed by atoms with E-state index in [2.05, 4.69) is 40.8 Å². The molecule has 1 aromatic heterocycles. The minimum absolute atomic E-state index is 0.0819. The van der Waals surface area contributed by atoms with E-state index in [-0.39, 0.29) is 11.0 Å². The fourth-order valence-corrected chi connectivity index (χ4v) is 5.93. The highest BCUT2D eigenvalue weighted by Gasteiger charge is 2.54. The number of carboxylic acids is 1. The Kier molecular flexibility index (Phi) is 7.49. The number of nitrogens with one attached hydrogen (secondary N) is 1. The van der Waals surface area contributed by atoms with Gasteiger partial charge in [-0.05, 0) is 17.1 Å². The molecule has 0 spiro atoms. The molecule has 0 aromatic carbocycles. The summed E-state index contributed by atoms with van der Waals surface area (Å²) in [5.74, 6) is -2.51. The zero-order valence-electron chi connectivity index (χ0n) is 15.2. The number of β-lactam (4-membered cyclic amide) rings is 1. The maximum absolute atomic E-state index is 12.7. The topological polar surface area (TPSA) is 151 Å². The first-order valence-corrected chi connectivity index (χ1v) is 12.1. The third-order valence-electron chi connectivity index (χ3n) is 4.05. The van der Waals surface area contributed by atoms with Gasteiger partial charge < -0.3 is 15.3 Å². The average molecular weight is 536 g/mol. The lowest BCUT2D eigenvalue weighted by molar-refractivity contribution is -0.150. The van der Waals surface area contributed by atoms with Crippen LogP contribution in [0.1, 0.15) is 0 Å². The van der Waals surface area contributed by atoms with Crippen molar-refractivity contribution in [3.05, 3.63) is 17.5 Å². The number of fused-ring (bicyclic) bond motifs is 1. The second-order valence-corrected chi connectivity index (χ2v) is 9.55. The van der Waals surface area contributed by atoms with Crippen LogP contribution >= 0.6 is 51.0 Å². The van der Waals surface area contributed by atoms with Crippen LogP contribution in [0.5, 0.6) is 0 Å². The summed E-state index contributed by atoms with van der Waals surface area (Å²) in [6.07, 6.45) is 1.59. The van der Waals surface area contributed by atoms with Gasteiger partial charge in [-0.3, -0.25) is 19.3 Å². The van der Waals surface area contributed by atoms with E-state index in [0.717, 1.165) is 4.21 Å². The molecule has 2 N–H and O–H groups in total. The van der Waals surface area contributed by atoms with Crippen molar-refractivity contribution in [2.75, 3.05) is 23.9 Å². The Morgan fingerprint density at radius 1 is 1.50 bits per heavy atom. The normalized spacial score (nSPS) is 21.1. The smallest absolute Gasteiger partial charge is 0.352 e. The highest BCUT2D eigenvalue weighted by atomic mass is 79.9. The van der Waals surface area contributed by atoms with Gasteiger partial charge in [-0.25, -0.2) is 4.79 Å². The molecule has 2 aliphatic heterocycles. The third kappa shape index (κ3) is 4.53. The monoisotopic (exact) mass is 535 g/mol. The Morgan fingerprint density at radius 3 is 2.87 bits per heavy atom. The summed E-state index contributed by atoms with van der Waals surface area (Å²) in [6, 6.07) is -0.970. The zero-order chi connectivity index (χ0) is 21.8. The van der Waals surface area contributed by atoms with E-state index >= 15 is 0 Å². The van der Waals surface area contributed by atoms with Crippen molar-refractivity contribution in [3.8, 4) is 0 Å². The fourth-order valence-electron chi connectivity index (χ4n) is 2.76. The van der Waals surface area contributed by atoms with Crippen LogP contribution in [-0.4, -0.2) is 84.2 Å². The van der Waals surface area contributed by atoms with Crippen LogP contribution in [0.4, 0.5) is 0 Å². The van der Waals surface area contributed by atoms with Crippen LogP contribution in [0.25, 0.3) is 0 Å². The average Bonchev–Trinajstić information content (AvgIpc) is 3.26. The van der Waals surface area contributed by atoms with Gasteiger partial charge in [0, 0.05) is 11.5 Å². The Balaban J connectivity index is 1.74. The van der Waals surface area contributed by atoms with E-state index in [9.17, 15) is 24.3 Å². The van der Waals surface area contributed by atoms with E-state index in [4.69, 9.17) is 0 Å². The van der Waals surface area contributed by atoms with E-state index < -0.39 is 40.7 Å². The molecule has 0 unspecified atom stereocenters. The largest absolute Gasteiger partial charge is 0.477 e. The van der Waals surface area contributed by atoms with Gasteiger partial charge >= 0.3 is 5.97 Å². The van der Waals surface area contributed by atoms with Crippen molar-refractivity contribution in [1.29, 1.82) is 0 Å². The first-order valence-electron chi connectivity index (χ1n) is 8.20. The Labute approximate surface area is 190 Å². The summed E-state index contributed by atoms with van der Waals surface area (Å²) in [7, 11) is 1.19. The standard InChI is InChI=1S/C15H14BrN5O6S3/c1-27-19-9(7(22)2-16)12(23)18-10-13(24)21-11(15(25)26)6(5-29-14(10)21)4-28-8-3-17-20-30-8/h3,10,14H,2,4-5H2,1H3,(H,18,23)(H,25,26)/t10-,14+/m1/s1. The highest BCUT2D eigenvalue weighted by molar-refractivity contribution is 9.09. The van der Waals surface area contributed by atoms with Crippen molar-refractivity contribution in [1.82, 2.24) is 19.8 Å². The summed E-state index contributed by atoms with van der Waals surface area (Å²) in [6.45, 7) is 0. The van der Waals surface area contributed by atoms with Gasteiger partial charge in [0.05, 0.1) is 11.5 Å². The molecule has 2 aliphatic rings. The molecule has 0 radical (unpaired) electrons. The first-order chi connectivity index (χ1) is 14.4. The number of halogens is 1. The second-order valence-electron chi connectivity index (χ2n) is 5.82. The number of hydrogen-bond acceptors (Lipinski definition) is 11. The Bertz CT molecular complexity index is 937. The van der Waals surface area contributed by atoms with Crippen molar-refractivity contribution < 1.29 is 29.1 Å². The van der Waals surface area contributed by atoms with Gasteiger partial charge in [-0.15, -0.1) is 28.6 Å². The van der Waals surface area contributed by atoms with Crippen LogP contribution in [0.15, 0.2) is 26.8 Å².